The van der Waals surface area contributed by atoms with Gasteiger partial charge in [0.05, 0.1) is 17.7 Å². The number of aryl methyl sites for hydroxylation is 1. The SMILES string of the molecule is COc1ccccc1N1CCN(CCNC(=O)C(=O)Nc2ccc([N+](=O)[O-])cc2C)CC1. The molecule has 2 N–H and O–H groups in total. The second-order valence-corrected chi connectivity index (χ2v) is 7.47. The monoisotopic (exact) mass is 441 g/mol. The summed E-state index contributed by atoms with van der Waals surface area (Å²) in [6, 6.07) is 12.0. The third-order valence-corrected chi connectivity index (χ3v) is 5.39. The third kappa shape index (κ3) is 5.73. The number of carbonyl (C=O) groups is 2. The molecule has 2 aromatic carbocycles. The van der Waals surface area contributed by atoms with E-state index in [9.17, 15) is 19.7 Å². The number of carbonyl (C=O) groups excluding carboxylic acids is 2. The van der Waals surface area contributed by atoms with Crippen LogP contribution in [0.25, 0.3) is 0 Å². The van der Waals surface area contributed by atoms with E-state index in [-0.39, 0.29) is 5.69 Å². The minimum Gasteiger partial charge on any atom is -0.495 e. The van der Waals surface area contributed by atoms with Crippen molar-refractivity contribution in [1.29, 1.82) is 0 Å². The van der Waals surface area contributed by atoms with E-state index in [1.807, 2.05) is 24.3 Å². The number of benzene rings is 2. The number of amides is 2. The van der Waals surface area contributed by atoms with Gasteiger partial charge in [-0.3, -0.25) is 24.6 Å². The van der Waals surface area contributed by atoms with Crippen LogP contribution >= 0.6 is 0 Å². The summed E-state index contributed by atoms with van der Waals surface area (Å²) in [6.07, 6.45) is 0. The van der Waals surface area contributed by atoms with Gasteiger partial charge in [0.2, 0.25) is 0 Å². The van der Waals surface area contributed by atoms with E-state index in [1.165, 1.54) is 18.2 Å². The Kier molecular flexibility index (Phi) is 7.61. The van der Waals surface area contributed by atoms with Crippen LogP contribution in [-0.4, -0.2) is 68.0 Å². The average Bonchev–Trinajstić information content (AvgIpc) is 2.80. The molecule has 32 heavy (non-hydrogen) atoms. The number of ether oxygens (including phenoxy) is 1. The number of nitro groups is 1. The summed E-state index contributed by atoms with van der Waals surface area (Å²) in [5.41, 5.74) is 1.87. The summed E-state index contributed by atoms with van der Waals surface area (Å²) >= 11 is 0. The maximum atomic E-state index is 12.1. The lowest BCUT2D eigenvalue weighted by Crippen LogP contribution is -2.49. The molecule has 1 aliphatic heterocycles. The predicted octanol–water partition coefficient (Wildman–Crippen LogP) is 1.79. The van der Waals surface area contributed by atoms with Crippen molar-refractivity contribution in [1.82, 2.24) is 10.2 Å². The number of hydrogen-bond donors (Lipinski definition) is 2. The molecule has 0 atom stereocenters. The minimum absolute atomic E-state index is 0.0734. The molecule has 2 amide bonds. The van der Waals surface area contributed by atoms with Gasteiger partial charge in [0.25, 0.3) is 5.69 Å². The van der Waals surface area contributed by atoms with Crippen LogP contribution in [0.5, 0.6) is 5.75 Å². The number of nitro benzene ring substituents is 1. The zero-order chi connectivity index (χ0) is 23.1. The van der Waals surface area contributed by atoms with Crippen molar-refractivity contribution >= 4 is 28.9 Å². The van der Waals surface area contributed by atoms with E-state index in [4.69, 9.17) is 4.74 Å². The molecular weight excluding hydrogens is 414 g/mol. The van der Waals surface area contributed by atoms with Gasteiger partial charge in [-0.2, -0.15) is 0 Å². The van der Waals surface area contributed by atoms with Gasteiger partial charge in [0, 0.05) is 57.1 Å². The van der Waals surface area contributed by atoms with Gasteiger partial charge in [0.1, 0.15) is 5.75 Å². The van der Waals surface area contributed by atoms with Crippen LogP contribution in [0.4, 0.5) is 17.1 Å². The van der Waals surface area contributed by atoms with Gasteiger partial charge >= 0.3 is 11.8 Å². The second kappa shape index (κ2) is 10.6. The molecule has 0 saturated carbocycles. The number of methoxy groups -OCH3 is 1. The smallest absolute Gasteiger partial charge is 0.313 e. The first kappa shape index (κ1) is 23.0. The number of rotatable bonds is 7. The van der Waals surface area contributed by atoms with Gasteiger partial charge in [-0.05, 0) is 30.7 Å². The summed E-state index contributed by atoms with van der Waals surface area (Å²) in [5.74, 6) is -0.694. The molecule has 0 radical (unpaired) electrons. The Morgan fingerprint density at radius 1 is 1.09 bits per heavy atom. The Morgan fingerprint density at radius 2 is 1.81 bits per heavy atom. The van der Waals surface area contributed by atoms with Crippen molar-refractivity contribution < 1.29 is 19.2 Å². The number of non-ortho nitro benzene ring substituents is 1. The molecule has 170 valence electrons. The van der Waals surface area contributed by atoms with Crippen LogP contribution in [0.3, 0.4) is 0 Å². The molecule has 10 nitrogen and oxygen atoms in total. The van der Waals surface area contributed by atoms with Gasteiger partial charge in [-0.1, -0.05) is 12.1 Å². The number of para-hydroxylation sites is 2. The average molecular weight is 441 g/mol. The number of nitrogens with zero attached hydrogens (tertiary/aromatic N) is 3. The summed E-state index contributed by atoms with van der Waals surface area (Å²) in [5, 5.41) is 15.9. The first-order valence-electron chi connectivity index (χ1n) is 10.3. The largest absolute Gasteiger partial charge is 0.495 e. The van der Waals surface area contributed by atoms with Crippen LogP contribution in [0.2, 0.25) is 0 Å². The Labute approximate surface area is 186 Å². The molecule has 3 rings (SSSR count). The fraction of sp³-hybridized carbons (Fsp3) is 0.364. The maximum Gasteiger partial charge on any atom is 0.313 e. The molecule has 0 spiro atoms. The summed E-state index contributed by atoms with van der Waals surface area (Å²) < 4.78 is 5.43. The number of piperazine rings is 1. The third-order valence-electron chi connectivity index (χ3n) is 5.39. The molecular formula is C22H27N5O5. The van der Waals surface area contributed by atoms with E-state index in [0.29, 0.717) is 24.3 Å². The van der Waals surface area contributed by atoms with Crippen molar-refractivity contribution in [3.63, 3.8) is 0 Å². The van der Waals surface area contributed by atoms with E-state index in [2.05, 4.69) is 20.4 Å². The van der Waals surface area contributed by atoms with Gasteiger partial charge in [0.15, 0.2) is 0 Å². The van der Waals surface area contributed by atoms with Crippen molar-refractivity contribution in [2.75, 3.05) is 56.6 Å². The van der Waals surface area contributed by atoms with E-state index >= 15 is 0 Å². The maximum absolute atomic E-state index is 12.1. The molecule has 10 heteroatoms. The first-order chi connectivity index (χ1) is 15.4. The second-order valence-electron chi connectivity index (χ2n) is 7.47. The van der Waals surface area contributed by atoms with Crippen molar-refractivity contribution in [2.24, 2.45) is 0 Å². The van der Waals surface area contributed by atoms with Crippen LogP contribution in [0.1, 0.15) is 5.56 Å². The Balaban J connectivity index is 1.41. The molecule has 1 saturated heterocycles. The molecule has 0 aliphatic carbocycles. The summed E-state index contributed by atoms with van der Waals surface area (Å²) in [4.78, 5) is 39.0. The Morgan fingerprint density at radius 3 is 2.47 bits per heavy atom. The van der Waals surface area contributed by atoms with Gasteiger partial charge in [-0.25, -0.2) is 0 Å². The zero-order valence-corrected chi connectivity index (χ0v) is 18.2. The minimum atomic E-state index is -0.803. The Bertz CT molecular complexity index is 988. The zero-order valence-electron chi connectivity index (χ0n) is 18.2. The number of hydrogen-bond acceptors (Lipinski definition) is 7. The van der Waals surface area contributed by atoms with Crippen LogP contribution in [-0.2, 0) is 9.59 Å². The molecule has 1 aliphatic rings. The summed E-state index contributed by atoms with van der Waals surface area (Å²) in [7, 11) is 1.66. The quantitative estimate of drug-likeness (QED) is 0.382. The number of nitrogens with one attached hydrogen (secondary N) is 2. The number of anilines is 2. The van der Waals surface area contributed by atoms with Crippen molar-refractivity contribution in [3.05, 3.63) is 58.1 Å². The van der Waals surface area contributed by atoms with Crippen molar-refractivity contribution in [3.8, 4) is 5.75 Å². The van der Waals surface area contributed by atoms with E-state index in [0.717, 1.165) is 37.6 Å². The van der Waals surface area contributed by atoms with E-state index in [1.54, 1.807) is 14.0 Å². The standard InChI is InChI=1S/C22H27N5O5/c1-16-15-17(27(30)31)7-8-18(16)24-22(29)21(28)23-9-10-25-11-13-26(14-12-25)19-5-3-4-6-20(19)32-2/h3-8,15H,9-14H2,1-2H3,(H,23,28)(H,24,29). The van der Waals surface area contributed by atoms with Gasteiger partial charge < -0.3 is 20.3 Å². The van der Waals surface area contributed by atoms with Crippen molar-refractivity contribution in [2.45, 2.75) is 6.92 Å². The topological polar surface area (TPSA) is 117 Å². The van der Waals surface area contributed by atoms with E-state index < -0.39 is 16.7 Å². The summed E-state index contributed by atoms with van der Waals surface area (Å²) in [6.45, 7) is 5.97. The van der Waals surface area contributed by atoms with Crippen LogP contribution in [0, 0.1) is 17.0 Å². The lowest BCUT2D eigenvalue weighted by Gasteiger charge is -2.36. The van der Waals surface area contributed by atoms with Gasteiger partial charge in [-0.15, -0.1) is 0 Å². The lowest BCUT2D eigenvalue weighted by molar-refractivity contribution is -0.384. The highest BCUT2D eigenvalue weighted by Gasteiger charge is 2.20. The highest BCUT2D eigenvalue weighted by atomic mass is 16.6. The highest BCUT2D eigenvalue weighted by Crippen LogP contribution is 2.28. The molecule has 0 unspecified atom stereocenters. The normalized spacial score (nSPS) is 14.0. The van der Waals surface area contributed by atoms with Crippen LogP contribution in [0.15, 0.2) is 42.5 Å². The first-order valence-corrected chi connectivity index (χ1v) is 10.3. The predicted molar refractivity (Wildman–Crippen MR) is 121 cm³/mol. The molecule has 0 aromatic heterocycles. The van der Waals surface area contributed by atoms with Crippen LogP contribution < -0.4 is 20.3 Å². The lowest BCUT2D eigenvalue weighted by atomic mass is 10.2. The molecule has 1 fully saturated rings. The molecule has 2 aromatic rings. The molecule has 1 heterocycles. The Hall–Kier alpha value is -3.66. The molecule has 0 bridgehead atoms. The fourth-order valence-corrected chi connectivity index (χ4v) is 3.59. The fourth-order valence-electron chi connectivity index (χ4n) is 3.59. The highest BCUT2D eigenvalue weighted by molar-refractivity contribution is 6.39.